The number of nitrogens with zero attached hydrogens (tertiary/aromatic N) is 4. The van der Waals surface area contributed by atoms with Gasteiger partial charge in [-0.25, -0.2) is 5.10 Å². The van der Waals surface area contributed by atoms with Crippen LogP contribution < -0.4 is 0 Å². The lowest BCUT2D eigenvalue weighted by Crippen LogP contribution is -1.95. The monoisotopic (exact) mass is 315 g/mol. The van der Waals surface area contributed by atoms with E-state index in [0.717, 1.165) is 11.3 Å². The van der Waals surface area contributed by atoms with Crippen LogP contribution in [0.25, 0.3) is 11.4 Å². The third-order valence-electron chi connectivity index (χ3n) is 2.73. The number of pyridine rings is 1. The zero-order valence-corrected chi connectivity index (χ0v) is 12.3. The summed E-state index contributed by atoms with van der Waals surface area (Å²) in [6.07, 6.45) is 3.33. The van der Waals surface area contributed by atoms with Crippen LogP contribution in [-0.2, 0) is 0 Å². The van der Waals surface area contributed by atoms with Crippen molar-refractivity contribution in [2.75, 3.05) is 0 Å². The number of H-pyrrole nitrogens is 1. The topological polar surface area (TPSA) is 58.9 Å². The van der Waals surface area contributed by atoms with Crippen LogP contribution in [0, 0.1) is 4.77 Å². The SMILES string of the molecule is S=c1[nH]nc(-c2cccc(Cl)c2)n1/N=C\c1ccccn1. The Morgan fingerprint density at radius 1 is 1.24 bits per heavy atom. The van der Waals surface area contributed by atoms with Gasteiger partial charge in [0.15, 0.2) is 5.82 Å². The van der Waals surface area contributed by atoms with Gasteiger partial charge in [0.05, 0.1) is 11.9 Å². The Hall–Kier alpha value is -2.31. The van der Waals surface area contributed by atoms with Crippen molar-refractivity contribution >= 4 is 30.0 Å². The van der Waals surface area contributed by atoms with Crippen LogP contribution >= 0.6 is 23.8 Å². The van der Waals surface area contributed by atoms with E-state index in [1.807, 2.05) is 30.3 Å². The van der Waals surface area contributed by atoms with E-state index in [1.165, 1.54) is 4.68 Å². The van der Waals surface area contributed by atoms with E-state index in [4.69, 9.17) is 23.8 Å². The fourth-order valence-electron chi connectivity index (χ4n) is 1.78. The van der Waals surface area contributed by atoms with E-state index in [2.05, 4.69) is 20.3 Å². The molecule has 3 aromatic rings. The number of aromatic amines is 1. The average Bonchev–Trinajstić information content (AvgIpc) is 2.87. The largest absolute Gasteiger partial charge is 0.255 e. The molecule has 3 rings (SSSR count). The number of benzene rings is 1. The summed E-state index contributed by atoms with van der Waals surface area (Å²) in [4.78, 5) is 4.18. The summed E-state index contributed by atoms with van der Waals surface area (Å²) in [6, 6.07) is 12.9. The molecule has 0 atom stereocenters. The molecular formula is C14H10ClN5S. The number of aromatic nitrogens is 4. The minimum absolute atomic E-state index is 0.400. The van der Waals surface area contributed by atoms with Crippen molar-refractivity contribution in [1.82, 2.24) is 19.9 Å². The molecule has 2 aromatic heterocycles. The Labute approximate surface area is 130 Å². The van der Waals surface area contributed by atoms with Crippen LogP contribution in [0.3, 0.4) is 0 Å². The van der Waals surface area contributed by atoms with Crippen LogP contribution in [0.1, 0.15) is 5.69 Å². The van der Waals surface area contributed by atoms with Gasteiger partial charge in [0, 0.05) is 16.8 Å². The molecule has 0 saturated carbocycles. The lowest BCUT2D eigenvalue weighted by Gasteiger charge is -2.01. The van der Waals surface area contributed by atoms with Gasteiger partial charge in [0.25, 0.3) is 0 Å². The summed E-state index contributed by atoms with van der Waals surface area (Å²) < 4.78 is 1.94. The van der Waals surface area contributed by atoms with E-state index in [0.29, 0.717) is 15.6 Å². The number of hydrogen-bond donors (Lipinski definition) is 1. The van der Waals surface area contributed by atoms with Crippen LogP contribution in [0.5, 0.6) is 0 Å². The molecule has 0 bridgehead atoms. The second kappa shape index (κ2) is 5.99. The summed E-state index contributed by atoms with van der Waals surface area (Å²) in [5, 5.41) is 11.9. The highest BCUT2D eigenvalue weighted by atomic mass is 35.5. The first-order valence-corrected chi connectivity index (χ1v) is 6.91. The first-order valence-electron chi connectivity index (χ1n) is 6.13. The van der Waals surface area contributed by atoms with E-state index < -0.39 is 0 Å². The normalized spacial score (nSPS) is 11.1. The molecule has 104 valence electrons. The highest BCUT2D eigenvalue weighted by molar-refractivity contribution is 7.71. The first-order chi connectivity index (χ1) is 10.2. The quantitative estimate of drug-likeness (QED) is 0.594. The first kappa shape index (κ1) is 13.7. The van der Waals surface area contributed by atoms with E-state index in [1.54, 1.807) is 24.5 Å². The molecule has 21 heavy (non-hydrogen) atoms. The second-order valence-corrected chi connectivity index (χ2v) is 5.00. The predicted octanol–water partition coefficient (Wildman–Crippen LogP) is 3.54. The third-order valence-corrected chi connectivity index (χ3v) is 3.23. The molecule has 1 N–H and O–H groups in total. The highest BCUT2D eigenvalue weighted by Crippen LogP contribution is 2.20. The smallest absolute Gasteiger partial charge is 0.216 e. The molecule has 7 heteroatoms. The fourth-order valence-corrected chi connectivity index (χ4v) is 2.15. The van der Waals surface area contributed by atoms with Crippen molar-refractivity contribution in [3.05, 3.63) is 64.1 Å². The number of hydrogen-bond acceptors (Lipinski definition) is 4. The zero-order valence-electron chi connectivity index (χ0n) is 10.8. The van der Waals surface area contributed by atoms with Crippen molar-refractivity contribution in [2.24, 2.45) is 5.10 Å². The molecule has 2 heterocycles. The Bertz CT molecular complexity index is 838. The molecule has 0 unspecified atom stereocenters. The van der Waals surface area contributed by atoms with Gasteiger partial charge in [-0.2, -0.15) is 14.9 Å². The van der Waals surface area contributed by atoms with Gasteiger partial charge in [-0.05, 0) is 36.5 Å². The van der Waals surface area contributed by atoms with Crippen molar-refractivity contribution in [3.8, 4) is 11.4 Å². The summed E-state index contributed by atoms with van der Waals surface area (Å²) in [5.74, 6) is 0.592. The number of nitrogens with one attached hydrogen (secondary N) is 1. The molecule has 1 aromatic carbocycles. The van der Waals surface area contributed by atoms with Crippen molar-refractivity contribution in [1.29, 1.82) is 0 Å². The Balaban J connectivity index is 2.02. The third kappa shape index (κ3) is 3.07. The van der Waals surface area contributed by atoms with Gasteiger partial charge in [-0.15, -0.1) is 0 Å². The Kier molecular flexibility index (Phi) is 3.89. The molecule has 0 spiro atoms. The minimum atomic E-state index is 0.400. The van der Waals surface area contributed by atoms with E-state index in [9.17, 15) is 0 Å². The minimum Gasteiger partial charge on any atom is -0.255 e. The maximum Gasteiger partial charge on any atom is 0.216 e. The average molecular weight is 316 g/mol. The molecule has 0 aliphatic heterocycles. The van der Waals surface area contributed by atoms with Gasteiger partial charge < -0.3 is 0 Å². The second-order valence-electron chi connectivity index (χ2n) is 4.17. The Morgan fingerprint density at radius 3 is 2.90 bits per heavy atom. The number of halogens is 1. The standard InChI is InChI=1S/C14H10ClN5S/c15-11-5-3-4-10(8-11)13-18-19-14(21)20(13)17-9-12-6-1-2-7-16-12/h1-9H,(H,19,21)/b17-9-. The molecule has 0 radical (unpaired) electrons. The summed E-state index contributed by atoms with van der Waals surface area (Å²) >= 11 is 11.2. The van der Waals surface area contributed by atoms with Crippen LogP contribution in [0.2, 0.25) is 5.02 Å². The molecule has 5 nitrogen and oxygen atoms in total. The molecule has 0 aliphatic carbocycles. The van der Waals surface area contributed by atoms with Crippen LogP contribution in [0.4, 0.5) is 0 Å². The van der Waals surface area contributed by atoms with Crippen molar-refractivity contribution < 1.29 is 0 Å². The van der Waals surface area contributed by atoms with Crippen LogP contribution in [-0.4, -0.2) is 26.1 Å². The highest BCUT2D eigenvalue weighted by Gasteiger charge is 2.08. The molecule has 0 saturated heterocycles. The molecule has 0 aliphatic rings. The molecular weight excluding hydrogens is 306 g/mol. The summed E-state index contributed by atoms with van der Waals surface area (Å²) in [6.45, 7) is 0. The number of rotatable bonds is 3. The predicted molar refractivity (Wildman–Crippen MR) is 85.1 cm³/mol. The lowest BCUT2D eigenvalue weighted by molar-refractivity contribution is 0.870. The van der Waals surface area contributed by atoms with Gasteiger partial charge in [-0.1, -0.05) is 29.8 Å². The summed E-state index contributed by atoms with van der Waals surface area (Å²) in [7, 11) is 0. The van der Waals surface area contributed by atoms with Crippen molar-refractivity contribution in [2.45, 2.75) is 0 Å². The zero-order chi connectivity index (χ0) is 14.7. The molecule has 0 amide bonds. The Morgan fingerprint density at radius 2 is 2.14 bits per heavy atom. The molecule has 0 fully saturated rings. The fraction of sp³-hybridized carbons (Fsp3) is 0. The van der Waals surface area contributed by atoms with Crippen LogP contribution in [0.15, 0.2) is 53.8 Å². The van der Waals surface area contributed by atoms with Crippen molar-refractivity contribution in [3.63, 3.8) is 0 Å². The lowest BCUT2D eigenvalue weighted by atomic mass is 10.2. The van der Waals surface area contributed by atoms with Gasteiger partial charge >= 0.3 is 0 Å². The van der Waals surface area contributed by atoms with Gasteiger partial charge in [0.2, 0.25) is 4.77 Å². The van der Waals surface area contributed by atoms with E-state index in [-0.39, 0.29) is 0 Å². The maximum atomic E-state index is 6.01. The summed E-state index contributed by atoms with van der Waals surface area (Å²) in [5.41, 5.74) is 1.56. The van der Waals surface area contributed by atoms with E-state index >= 15 is 0 Å². The van der Waals surface area contributed by atoms with Gasteiger partial charge in [-0.3, -0.25) is 4.98 Å². The maximum absolute atomic E-state index is 6.01. The van der Waals surface area contributed by atoms with Gasteiger partial charge in [0.1, 0.15) is 0 Å².